The molecule has 1 aliphatic rings. The molecule has 0 amide bonds. The molecule has 0 aromatic heterocycles. The molecule has 1 saturated heterocycles. The highest BCUT2D eigenvalue weighted by Crippen LogP contribution is 2.36. The van der Waals surface area contributed by atoms with E-state index in [2.05, 4.69) is 30.5 Å². The number of esters is 2. The molecule has 0 radical (unpaired) electrons. The van der Waals surface area contributed by atoms with Gasteiger partial charge in [0, 0.05) is 12.8 Å². The van der Waals surface area contributed by atoms with E-state index in [-0.39, 0.29) is 19.4 Å². The molecule has 1 heterocycles. The third-order valence-corrected chi connectivity index (χ3v) is 9.69. The van der Waals surface area contributed by atoms with E-state index in [4.69, 9.17) is 24.0 Å². The van der Waals surface area contributed by atoms with Gasteiger partial charge in [-0.05, 0) is 38.5 Å². The molecular weight excluding hydrogens is 643 g/mol. The van der Waals surface area contributed by atoms with E-state index in [1.807, 2.05) is 0 Å². The largest absolute Gasteiger partial charge is 0.469 e. The molecule has 1 aliphatic heterocycles. The Bertz CT molecular complexity index is 875. The molecule has 0 aromatic rings. The van der Waals surface area contributed by atoms with Crippen LogP contribution in [0.4, 0.5) is 0 Å². The van der Waals surface area contributed by atoms with E-state index < -0.39 is 32.5 Å². The number of hydrogen-bond donors (Lipinski definition) is 2. The first-order chi connectivity index (χ1) is 23.7. The van der Waals surface area contributed by atoms with Crippen molar-refractivity contribution in [1.82, 2.24) is 0 Å². The predicted molar refractivity (Wildman–Crippen MR) is 197 cm³/mol. The summed E-state index contributed by atoms with van der Waals surface area (Å²) in [6.07, 6.45) is 35.2. The number of rotatable bonds is 36. The van der Waals surface area contributed by atoms with Crippen molar-refractivity contribution in [2.24, 2.45) is 0 Å². The predicted octanol–water partition coefficient (Wildman–Crippen LogP) is 10.8. The second-order valence-corrected chi connectivity index (χ2v) is 15.2. The summed E-state index contributed by atoms with van der Waals surface area (Å²) in [6, 6.07) is 0. The van der Waals surface area contributed by atoms with E-state index >= 15 is 0 Å². The third-order valence-electron chi connectivity index (χ3n) is 9.21. The van der Waals surface area contributed by atoms with Gasteiger partial charge < -0.3 is 24.0 Å². The number of allylic oxidation sites excluding steroid dienone is 1. The lowest BCUT2D eigenvalue weighted by molar-refractivity contribution is -0.161. The number of carbonyl (C=O) groups excluding carboxylic acids is 2. The fourth-order valence-electron chi connectivity index (χ4n) is 6.09. The maximum Gasteiger partial charge on any atom is 0.469 e. The van der Waals surface area contributed by atoms with Crippen molar-refractivity contribution in [2.45, 2.75) is 212 Å². The minimum Gasteiger partial charge on any atom is -0.462 e. The van der Waals surface area contributed by atoms with E-state index in [0.29, 0.717) is 25.0 Å². The van der Waals surface area contributed by atoms with Crippen LogP contribution in [-0.4, -0.2) is 53.3 Å². The van der Waals surface area contributed by atoms with Gasteiger partial charge in [0.2, 0.25) is 0 Å². The van der Waals surface area contributed by atoms with Gasteiger partial charge in [-0.15, -0.1) is 0 Å². The molecular formula is C39H73O9P. The van der Waals surface area contributed by atoms with Gasteiger partial charge in [-0.3, -0.25) is 14.1 Å². The number of ether oxygens (including phenoxy) is 3. The summed E-state index contributed by atoms with van der Waals surface area (Å²) < 4.78 is 32.1. The molecule has 1 rings (SSSR count). The quantitative estimate of drug-likeness (QED) is 0.0214. The minimum absolute atomic E-state index is 0.211. The van der Waals surface area contributed by atoms with E-state index in [1.165, 1.54) is 89.9 Å². The summed E-state index contributed by atoms with van der Waals surface area (Å²) in [5.41, 5.74) is 0. The number of unbranched alkanes of at least 4 members (excludes halogenated alkanes) is 21. The van der Waals surface area contributed by atoms with Crippen molar-refractivity contribution in [2.75, 3.05) is 13.2 Å². The average molecular weight is 717 g/mol. The van der Waals surface area contributed by atoms with Gasteiger partial charge in [0.15, 0.2) is 6.10 Å². The Hall–Kier alpha value is -1.25. The lowest BCUT2D eigenvalue weighted by Crippen LogP contribution is -2.29. The number of hydrogen-bond acceptors (Lipinski definition) is 7. The Morgan fingerprint density at radius 3 is 1.67 bits per heavy atom. The zero-order chi connectivity index (χ0) is 35.8. The van der Waals surface area contributed by atoms with Crippen LogP contribution in [0.2, 0.25) is 0 Å². The topological polar surface area (TPSA) is 132 Å². The SMILES string of the molecule is CCCCC/C=C\CC1OC1CCCCCCCC(=O)OC[C@H](COP(=O)(O)O)OC(=O)CCCCCCCCCCCCCCCCC. The molecule has 0 bridgehead atoms. The molecule has 10 heteroatoms. The van der Waals surface area contributed by atoms with Crippen LogP contribution < -0.4 is 0 Å². The lowest BCUT2D eigenvalue weighted by atomic mass is 10.0. The molecule has 2 N–H and O–H groups in total. The van der Waals surface area contributed by atoms with Crippen molar-refractivity contribution in [3.63, 3.8) is 0 Å². The van der Waals surface area contributed by atoms with Gasteiger partial charge in [-0.1, -0.05) is 154 Å². The summed E-state index contributed by atoms with van der Waals surface area (Å²) in [7, 11) is -4.75. The fourth-order valence-corrected chi connectivity index (χ4v) is 6.45. The molecule has 9 nitrogen and oxygen atoms in total. The zero-order valence-electron chi connectivity index (χ0n) is 31.3. The first kappa shape index (κ1) is 45.8. The van der Waals surface area contributed by atoms with Crippen LogP contribution >= 0.6 is 7.82 Å². The van der Waals surface area contributed by atoms with Crippen molar-refractivity contribution in [1.29, 1.82) is 0 Å². The second kappa shape index (κ2) is 31.5. The molecule has 0 spiro atoms. The highest BCUT2D eigenvalue weighted by molar-refractivity contribution is 7.46. The summed E-state index contributed by atoms with van der Waals surface area (Å²) >= 11 is 0. The molecule has 49 heavy (non-hydrogen) atoms. The molecule has 2 unspecified atom stereocenters. The van der Waals surface area contributed by atoms with Crippen LogP contribution in [0.25, 0.3) is 0 Å². The molecule has 0 aliphatic carbocycles. The van der Waals surface area contributed by atoms with Crippen molar-refractivity contribution < 1.29 is 42.7 Å². The fraction of sp³-hybridized carbons (Fsp3) is 0.897. The number of phosphoric ester groups is 1. The average Bonchev–Trinajstić information content (AvgIpc) is 3.82. The molecule has 3 atom stereocenters. The van der Waals surface area contributed by atoms with E-state index in [9.17, 15) is 14.2 Å². The van der Waals surface area contributed by atoms with Crippen LogP contribution in [0.15, 0.2) is 12.2 Å². The van der Waals surface area contributed by atoms with Crippen molar-refractivity contribution >= 4 is 19.8 Å². The maximum atomic E-state index is 12.4. The van der Waals surface area contributed by atoms with Crippen LogP contribution in [-0.2, 0) is 32.9 Å². The van der Waals surface area contributed by atoms with Gasteiger partial charge in [-0.25, -0.2) is 4.57 Å². The standard InChI is InChI=1S/C39H73O9P/c1-3-5-7-9-11-12-13-14-15-16-17-18-19-23-28-32-39(41)47-35(34-46-49(42,43)44)33-45-38(40)31-27-24-20-22-26-30-37-36(48-37)29-25-21-10-8-6-4-2/h21,25,35-37H,3-20,22-24,26-34H2,1-2H3,(H2,42,43,44)/b25-21-/t35-,36?,37?/m1/s1. The summed E-state index contributed by atoms with van der Waals surface area (Å²) in [4.78, 5) is 42.8. The Balaban J connectivity index is 2.07. The van der Waals surface area contributed by atoms with Gasteiger partial charge in [0.05, 0.1) is 18.8 Å². The van der Waals surface area contributed by atoms with Crippen LogP contribution in [0.3, 0.4) is 0 Å². The zero-order valence-corrected chi connectivity index (χ0v) is 32.2. The lowest BCUT2D eigenvalue weighted by Gasteiger charge is -2.18. The summed E-state index contributed by atoms with van der Waals surface area (Å²) in [6.45, 7) is 3.64. The van der Waals surface area contributed by atoms with Crippen LogP contribution in [0.5, 0.6) is 0 Å². The Labute approximate surface area is 299 Å². The number of epoxide rings is 1. The monoisotopic (exact) mass is 716 g/mol. The number of phosphoric acid groups is 1. The molecule has 288 valence electrons. The van der Waals surface area contributed by atoms with Crippen LogP contribution in [0.1, 0.15) is 194 Å². The smallest absolute Gasteiger partial charge is 0.462 e. The van der Waals surface area contributed by atoms with Crippen molar-refractivity contribution in [3.8, 4) is 0 Å². The van der Waals surface area contributed by atoms with Crippen molar-refractivity contribution in [3.05, 3.63) is 12.2 Å². The molecule has 1 fully saturated rings. The first-order valence-electron chi connectivity index (χ1n) is 20.1. The summed E-state index contributed by atoms with van der Waals surface area (Å²) in [5.74, 6) is -0.900. The Morgan fingerprint density at radius 2 is 1.12 bits per heavy atom. The summed E-state index contributed by atoms with van der Waals surface area (Å²) in [5, 5.41) is 0. The number of carbonyl (C=O) groups is 2. The Kier molecular flexibility index (Phi) is 29.4. The van der Waals surface area contributed by atoms with Gasteiger partial charge in [0.25, 0.3) is 0 Å². The maximum absolute atomic E-state index is 12.4. The molecule has 0 saturated carbocycles. The minimum atomic E-state index is -4.75. The highest BCUT2D eigenvalue weighted by Gasteiger charge is 2.36. The van der Waals surface area contributed by atoms with Gasteiger partial charge in [-0.2, -0.15) is 0 Å². The molecule has 0 aromatic carbocycles. The highest BCUT2D eigenvalue weighted by atomic mass is 31.2. The third kappa shape index (κ3) is 31.2. The normalized spacial score (nSPS) is 16.7. The first-order valence-corrected chi connectivity index (χ1v) is 21.6. The van der Waals surface area contributed by atoms with E-state index in [0.717, 1.165) is 64.2 Å². The Morgan fingerprint density at radius 1 is 0.633 bits per heavy atom. The van der Waals surface area contributed by atoms with Crippen LogP contribution in [0, 0.1) is 0 Å². The van der Waals surface area contributed by atoms with Gasteiger partial charge in [0.1, 0.15) is 6.61 Å². The van der Waals surface area contributed by atoms with Gasteiger partial charge >= 0.3 is 19.8 Å². The second-order valence-electron chi connectivity index (χ2n) is 14.0. The van der Waals surface area contributed by atoms with E-state index in [1.54, 1.807) is 0 Å².